The zero-order chi connectivity index (χ0) is 22.0. The summed E-state index contributed by atoms with van der Waals surface area (Å²) >= 11 is 13.6. The number of rotatable bonds is 7. The van der Waals surface area contributed by atoms with E-state index in [1.165, 1.54) is 11.3 Å². The third-order valence-corrected chi connectivity index (χ3v) is 5.89. The van der Waals surface area contributed by atoms with Crippen LogP contribution in [0.4, 0.5) is 5.95 Å². The van der Waals surface area contributed by atoms with Crippen LogP contribution in [0.15, 0.2) is 47.8 Å². The molecule has 0 aliphatic rings. The Kier molecular flexibility index (Phi) is 6.22. The number of carbonyl (C=O) groups excluding carboxylic acids is 2. The molecule has 158 valence electrons. The van der Waals surface area contributed by atoms with Gasteiger partial charge < -0.3 is 4.74 Å². The highest BCUT2D eigenvalue weighted by atomic mass is 35.5. The van der Waals surface area contributed by atoms with Crippen molar-refractivity contribution in [2.24, 2.45) is 0 Å². The fraction of sp³-hybridized carbons (Fsp3) is 0.143. The first kappa shape index (κ1) is 21.3. The molecule has 0 fully saturated rings. The van der Waals surface area contributed by atoms with Crippen molar-refractivity contribution >= 4 is 57.1 Å². The minimum Gasteiger partial charge on any atom is -0.497 e. The molecule has 31 heavy (non-hydrogen) atoms. The van der Waals surface area contributed by atoms with Gasteiger partial charge in [0.1, 0.15) is 5.75 Å². The van der Waals surface area contributed by atoms with E-state index in [1.54, 1.807) is 54.1 Å². The SMILES string of the molecule is COc1ccc(C(=O)CCC(=O)Nc2nc3scc(-c4ccc(Cl)cc4Cl)n3n2)cc1. The van der Waals surface area contributed by atoms with Gasteiger partial charge in [0.25, 0.3) is 0 Å². The summed E-state index contributed by atoms with van der Waals surface area (Å²) in [6.45, 7) is 0. The zero-order valence-corrected chi connectivity index (χ0v) is 18.6. The normalized spacial score (nSPS) is 10.9. The lowest BCUT2D eigenvalue weighted by Gasteiger charge is -2.04. The van der Waals surface area contributed by atoms with Crippen LogP contribution in [0.2, 0.25) is 10.0 Å². The van der Waals surface area contributed by atoms with E-state index in [0.717, 1.165) is 11.3 Å². The fourth-order valence-corrected chi connectivity index (χ4v) is 4.28. The highest BCUT2D eigenvalue weighted by Crippen LogP contribution is 2.33. The first-order valence-corrected chi connectivity index (χ1v) is 10.8. The van der Waals surface area contributed by atoms with Gasteiger partial charge in [0.05, 0.1) is 17.8 Å². The Bertz CT molecular complexity index is 1270. The number of fused-ring (bicyclic) bond motifs is 1. The van der Waals surface area contributed by atoms with Gasteiger partial charge in [-0.25, -0.2) is 4.52 Å². The molecule has 7 nitrogen and oxygen atoms in total. The first-order chi connectivity index (χ1) is 14.9. The molecule has 0 bridgehead atoms. The molecular formula is C21H16Cl2N4O3S. The quantitative estimate of drug-likeness (QED) is 0.363. The second kappa shape index (κ2) is 9.05. The molecule has 0 spiro atoms. The Morgan fingerprint density at radius 3 is 2.61 bits per heavy atom. The Morgan fingerprint density at radius 1 is 1.13 bits per heavy atom. The Hall–Kier alpha value is -2.94. The third-order valence-electron chi connectivity index (χ3n) is 4.53. The molecule has 0 saturated carbocycles. The first-order valence-electron chi connectivity index (χ1n) is 9.21. The number of hydrogen-bond acceptors (Lipinski definition) is 6. The van der Waals surface area contributed by atoms with Crippen molar-refractivity contribution in [1.82, 2.24) is 14.6 Å². The summed E-state index contributed by atoms with van der Waals surface area (Å²) in [4.78, 5) is 29.5. The molecule has 0 aliphatic heterocycles. The van der Waals surface area contributed by atoms with Gasteiger partial charge in [0.2, 0.25) is 16.8 Å². The van der Waals surface area contributed by atoms with Crippen molar-refractivity contribution in [3.63, 3.8) is 0 Å². The lowest BCUT2D eigenvalue weighted by molar-refractivity contribution is -0.116. The van der Waals surface area contributed by atoms with Crippen molar-refractivity contribution in [3.05, 3.63) is 63.5 Å². The van der Waals surface area contributed by atoms with E-state index in [2.05, 4.69) is 15.4 Å². The van der Waals surface area contributed by atoms with Crippen LogP contribution in [0.1, 0.15) is 23.2 Å². The number of nitrogens with zero attached hydrogens (tertiary/aromatic N) is 3. The molecule has 4 aromatic rings. The summed E-state index contributed by atoms with van der Waals surface area (Å²) in [5, 5.41) is 9.90. The number of hydrogen-bond donors (Lipinski definition) is 1. The molecule has 0 radical (unpaired) electrons. The van der Waals surface area contributed by atoms with E-state index < -0.39 is 0 Å². The van der Waals surface area contributed by atoms with Crippen LogP contribution in [0, 0.1) is 0 Å². The average molecular weight is 475 g/mol. The molecule has 0 aliphatic carbocycles. The summed E-state index contributed by atoms with van der Waals surface area (Å²) in [5.74, 6) is 0.363. The molecule has 0 unspecified atom stereocenters. The molecule has 1 N–H and O–H groups in total. The summed E-state index contributed by atoms with van der Waals surface area (Å²) in [5.41, 5.74) is 2.02. The Labute approximate surface area is 191 Å². The smallest absolute Gasteiger partial charge is 0.250 e. The van der Waals surface area contributed by atoms with Crippen molar-refractivity contribution in [2.45, 2.75) is 12.8 Å². The number of aromatic nitrogens is 3. The minimum absolute atomic E-state index is 0.0214. The number of halogens is 2. The van der Waals surface area contributed by atoms with Gasteiger partial charge in [-0.1, -0.05) is 23.2 Å². The second-order valence-electron chi connectivity index (χ2n) is 6.57. The molecule has 2 heterocycles. The molecule has 1 amide bonds. The number of methoxy groups -OCH3 is 1. The summed E-state index contributed by atoms with van der Waals surface area (Å²) in [7, 11) is 1.56. The highest BCUT2D eigenvalue weighted by Gasteiger charge is 2.16. The van der Waals surface area contributed by atoms with Crippen LogP contribution in [0.25, 0.3) is 16.2 Å². The van der Waals surface area contributed by atoms with Gasteiger partial charge in [-0.05, 0) is 42.5 Å². The predicted molar refractivity (Wildman–Crippen MR) is 122 cm³/mol. The van der Waals surface area contributed by atoms with E-state index in [4.69, 9.17) is 27.9 Å². The van der Waals surface area contributed by atoms with Gasteiger partial charge in [0, 0.05) is 34.4 Å². The summed E-state index contributed by atoms with van der Waals surface area (Å²) in [6.07, 6.45) is 0.0968. The van der Waals surface area contributed by atoms with Crippen LogP contribution in [0.5, 0.6) is 5.75 Å². The number of ether oxygens (including phenoxy) is 1. The number of benzene rings is 2. The van der Waals surface area contributed by atoms with Crippen molar-refractivity contribution in [3.8, 4) is 17.0 Å². The number of anilines is 1. The van der Waals surface area contributed by atoms with Crippen molar-refractivity contribution in [1.29, 1.82) is 0 Å². The van der Waals surface area contributed by atoms with E-state index >= 15 is 0 Å². The van der Waals surface area contributed by atoms with E-state index in [-0.39, 0.29) is 30.5 Å². The number of carbonyl (C=O) groups is 2. The predicted octanol–water partition coefficient (Wildman–Crippen LogP) is 5.37. The van der Waals surface area contributed by atoms with E-state index in [9.17, 15) is 9.59 Å². The fourth-order valence-electron chi connectivity index (χ4n) is 2.95. The largest absolute Gasteiger partial charge is 0.497 e. The minimum atomic E-state index is -0.341. The number of Topliss-reactive ketones (excluding diaryl/α,β-unsaturated/α-hetero) is 1. The topological polar surface area (TPSA) is 85.6 Å². The van der Waals surface area contributed by atoms with Crippen LogP contribution >= 0.6 is 34.5 Å². The highest BCUT2D eigenvalue weighted by molar-refractivity contribution is 7.15. The van der Waals surface area contributed by atoms with Gasteiger partial charge >= 0.3 is 0 Å². The second-order valence-corrected chi connectivity index (χ2v) is 8.25. The number of ketones is 1. The third kappa shape index (κ3) is 4.71. The molecular weight excluding hydrogens is 459 g/mol. The zero-order valence-electron chi connectivity index (χ0n) is 16.3. The maximum absolute atomic E-state index is 12.3. The average Bonchev–Trinajstić information content (AvgIpc) is 3.32. The molecule has 2 aromatic carbocycles. The summed E-state index contributed by atoms with van der Waals surface area (Å²) in [6, 6.07) is 12.0. The molecule has 10 heteroatoms. The lowest BCUT2D eigenvalue weighted by Crippen LogP contribution is -2.14. The van der Waals surface area contributed by atoms with Gasteiger partial charge in [-0.2, -0.15) is 4.98 Å². The number of amides is 1. The van der Waals surface area contributed by atoms with Crippen molar-refractivity contribution < 1.29 is 14.3 Å². The summed E-state index contributed by atoms with van der Waals surface area (Å²) < 4.78 is 6.69. The lowest BCUT2D eigenvalue weighted by atomic mass is 10.1. The van der Waals surface area contributed by atoms with Crippen LogP contribution in [-0.4, -0.2) is 33.4 Å². The number of thiazole rings is 1. The number of nitrogens with one attached hydrogen (secondary N) is 1. The van der Waals surface area contributed by atoms with Crippen molar-refractivity contribution in [2.75, 3.05) is 12.4 Å². The van der Waals surface area contributed by atoms with Gasteiger partial charge in [-0.3, -0.25) is 14.9 Å². The van der Waals surface area contributed by atoms with Gasteiger partial charge in [-0.15, -0.1) is 16.4 Å². The monoisotopic (exact) mass is 474 g/mol. The van der Waals surface area contributed by atoms with Gasteiger partial charge in [0.15, 0.2) is 5.78 Å². The molecule has 0 atom stereocenters. The molecule has 2 aromatic heterocycles. The van der Waals surface area contributed by atoms with E-state index in [1.807, 2.05) is 5.38 Å². The Balaban J connectivity index is 1.42. The van der Waals surface area contributed by atoms with E-state index in [0.29, 0.717) is 26.3 Å². The molecule has 4 rings (SSSR count). The van der Waals surface area contributed by atoms with Crippen LogP contribution < -0.4 is 10.1 Å². The van der Waals surface area contributed by atoms with Crippen LogP contribution in [-0.2, 0) is 4.79 Å². The Morgan fingerprint density at radius 2 is 1.90 bits per heavy atom. The van der Waals surface area contributed by atoms with Crippen LogP contribution in [0.3, 0.4) is 0 Å². The molecule has 0 saturated heterocycles. The maximum atomic E-state index is 12.3. The maximum Gasteiger partial charge on any atom is 0.250 e. The standard InChI is InChI=1S/C21H16Cl2N4O3S/c1-30-14-5-2-12(3-6-14)18(28)8-9-19(29)24-20-25-21-27(26-20)17(11-31-21)15-7-4-13(22)10-16(15)23/h2-7,10-11H,8-9H2,1H3,(H,24,26,29).